The van der Waals surface area contributed by atoms with Crippen molar-refractivity contribution in [2.24, 2.45) is 5.41 Å². The lowest BCUT2D eigenvalue weighted by Gasteiger charge is -2.53. The smallest absolute Gasteiger partial charge is 0.259 e. The molecule has 0 unspecified atom stereocenters. The summed E-state index contributed by atoms with van der Waals surface area (Å²) in [6.45, 7) is 27.6. The van der Waals surface area contributed by atoms with Gasteiger partial charge in [0.25, 0.3) is 17.1 Å². The molecule has 0 aliphatic carbocycles. The minimum Gasteiger partial charge on any atom is -0.321 e. The Hall–Kier alpha value is 0.540. The van der Waals surface area contributed by atoms with E-state index in [0.29, 0.717) is 38.5 Å². The van der Waals surface area contributed by atoms with Crippen molar-refractivity contribution < 1.29 is 18.1 Å². The third-order valence-corrected chi connectivity index (χ3v) is 11.7. The van der Waals surface area contributed by atoms with Crippen molar-refractivity contribution >= 4 is 17.1 Å². The summed E-state index contributed by atoms with van der Waals surface area (Å²) in [4.78, 5) is 0. The second-order valence-corrected chi connectivity index (χ2v) is 18.3. The van der Waals surface area contributed by atoms with Crippen molar-refractivity contribution in [3.8, 4) is 0 Å². The van der Waals surface area contributed by atoms with Gasteiger partial charge in [-0.2, -0.15) is 0 Å². The van der Waals surface area contributed by atoms with Gasteiger partial charge < -0.3 is 28.7 Å². The molecule has 39 heavy (non-hydrogen) atoms. The Morgan fingerprint density at radius 2 is 0.846 bits per heavy atom. The molecule has 0 amide bonds. The summed E-state index contributed by atoms with van der Waals surface area (Å²) >= 11 is 0. The van der Waals surface area contributed by atoms with E-state index < -0.39 is 17.1 Å². The van der Waals surface area contributed by atoms with Gasteiger partial charge in [-0.3, -0.25) is 0 Å². The summed E-state index contributed by atoms with van der Waals surface area (Å²) in [5.41, 5.74) is 0.158. The lowest BCUT2D eigenvalue weighted by atomic mass is 9.79. The molecule has 0 bridgehead atoms. The molecular weight excluding hydrogens is 530 g/mol. The summed E-state index contributed by atoms with van der Waals surface area (Å²) in [5, 5.41) is 7.65. The SMILES string of the molecule is CCCN(C1CC(C)(C)NC(C)(C)C1)P1OCC2(CO1)COP(N(CCC)C1CC(C)(C)NC(C)(C)C1)OC2. The largest absolute Gasteiger partial charge is 0.321 e. The molecule has 4 fully saturated rings. The lowest BCUT2D eigenvalue weighted by molar-refractivity contribution is -0.0701. The molecule has 0 aromatic rings. The molecule has 0 radical (unpaired) electrons. The van der Waals surface area contributed by atoms with Crippen molar-refractivity contribution in [3.63, 3.8) is 0 Å². The van der Waals surface area contributed by atoms with Gasteiger partial charge in [0, 0.05) is 47.3 Å². The zero-order valence-corrected chi connectivity index (χ0v) is 28.4. The van der Waals surface area contributed by atoms with Gasteiger partial charge in [-0.05, 0) is 93.9 Å². The number of rotatable bonds is 8. The highest BCUT2D eigenvalue weighted by Crippen LogP contribution is 2.57. The standard InChI is InChI=1S/C29H58N4O4P2/c1-11-13-32(23-15-25(3,4)30-26(5,6)16-23)38-34-19-29(20-35-38)21-36-39(37-22-29)33(14-12-2)24-17-27(7,8)31-28(9,10)18-24/h23-24,30-31H,11-22H2,1-10H3. The fourth-order valence-electron chi connectivity index (χ4n) is 7.60. The van der Waals surface area contributed by atoms with E-state index in [9.17, 15) is 0 Å². The Bertz CT molecular complexity index is 710. The van der Waals surface area contributed by atoms with E-state index in [2.05, 4.69) is 89.2 Å². The van der Waals surface area contributed by atoms with Gasteiger partial charge in [0.15, 0.2) is 0 Å². The van der Waals surface area contributed by atoms with Crippen molar-refractivity contribution in [3.05, 3.63) is 0 Å². The van der Waals surface area contributed by atoms with Crippen LogP contribution in [0, 0.1) is 5.41 Å². The van der Waals surface area contributed by atoms with Gasteiger partial charge in [0.05, 0.1) is 31.8 Å². The Morgan fingerprint density at radius 3 is 1.10 bits per heavy atom. The van der Waals surface area contributed by atoms with Crippen LogP contribution in [0.15, 0.2) is 0 Å². The molecule has 4 saturated heterocycles. The number of piperidine rings is 2. The lowest BCUT2D eigenvalue weighted by Crippen LogP contribution is -2.62. The topological polar surface area (TPSA) is 67.5 Å². The number of hydrogen-bond acceptors (Lipinski definition) is 8. The van der Waals surface area contributed by atoms with Crippen molar-refractivity contribution in [1.29, 1.82) is 0 Å². The van der Waals surface area contributed by atoms with Crippen LogP contribution in [0.25, 0.3) is 0 Å². The Morgan fingerprint density at radius 1 is 0.564 bits per heavy atom. The summed E-state index contributed by atoms with van der Waals surface area (Å²) in [5.74, 6) is 0. The van der Waals surface area contributed by atoms with Crippen LogP contribution in [0.3, 0.4) is 0 Å². The average Bonchev–Trinajstić information content (AvgIpc) is 2.78. The fourth-order valence-corrected chi connectivity index (χ4v) is 11.5. The second kappa shape index (κ2) is 12.3. The third kappa shape index (κ3) is 8.34. The Balaban J connectivity index is 1.36. The summed E-state index contributed by atoms with van der Waals surface area (Å²) in [6, 6.07) is 0.897. The van der Waals surface area contributed by atoms with Gasteiger partial charge >= 0.3 is 0 Å². The van der Waals surface area contributed by atoms with Gasteiger partial charge in [-0.15, -0.1) is 0 Å². The van der Waals surface area contributed by atoms with Crippen LogP contribution in [0.5, 0.6) is 0 Å². The average molecular weight is 589 g/mol. The highest BCUT2D eigenvalue weighted by Gasteiger charge is 2.49. The predicted octanol–water partition coefficient (Wildman–Crippen LogP) is 6.56. The second-order valence-electron chi connectivity index (χ2n) is 15.3. The molecule has 2 N–H and O–H groups in total. The molecule has 0 aromatic carbocycles. The molecular formula is C29H58N4O4P2. The van der Waals surface area contributed by atoms with E-state index in [1.807, 2.05) is 0 Å². The van der Waals surface area contributed by atoms with E-state index in [1.165, 1.54) is 0 Å². The number of hydrogen-bond donors (Lipinski definition) is 2. The van der Waals surface area contributed by atoms with Crippen molar-refractivity contribution in [2.45, 2.75) is 142 Å². The summed E-state index contributed by atoms with van der Waals surface area (Å²) < 4.78 is 31.3. The van der Waals surface area contributed by atoms with E-state index >= 15 is 0 Å². The molecule has 1 spiro atoms. The molecule has 0 saturated carbocycles. The van der Waals surface area contributed by atoms with E-state index in [4.69, 9.17) is 18.1 Å². The Labute approximate surface area is 241 Å². The van der Waals surface area contributed by atoms with Crippen LogP contribution in [0.2, 0.25) is 0 Å². The molecule has 4 aliphatic rings. The van der Waals surface area contributed by atoms with E-state index in [0.717, 1.165) is 51.6 Å². The fraction of sp³-hybridized carbons (Fsp3) is 1.00. The van der Waals surface area contributed by atoms with Crippen LogP contribution >= 0.6 is 17.1 Å². The van der Waals surface area contributed by atoms with Gasteiger partial charge in [0.1, 0.15) is 0 Å². The molecule has 4 heterocycles. The van der Waals surface area contributed by atoms with Crippen molar-refractivity contribution in [2.75, 3.05) is 39.5 Å². The van der Waals surface area contributed by atoms with Gasteiger partial charge in [-0.1, -0.05) is 13.8 Å². The Kier molecular flexibility index (Phi) is 10.2. The minimum atomic E-state index is -1.08. The molecule has 0 atom stereocenters. The molecule has 4 aliphatic heterocycles. The van der Waals surface area contributed by atoms with E-state index in [-0.39, 0.29) is 27.6 Å². The molecule has 10 heteroatoms. The molecule has 0 aromatic heterocycles. The van der Waals surface area contributed by atoms with Crippen molar-refractivity contribution in [1.82, 2.24) is 20.0 Å². The van der Waals surface area contributed by atoms with Gasteiger partial charge in [-0.25, -0.2) is 9.34 Å². The first kappa shape index (κ1) is 32.5. The van der Waals surface area contributed by atoms with Crippen LogP contribution in [-0.2, 0) is 18.1 Å². The van der Waals surface area contributed by atoms with Crippen LogP contribution in [0.4, 0.5) is 0 Å². The van der Waals surface area contributed by atoms with E-state index in [1.54, 1.807) is 0 Å². The highest BCUT2D eigenvalue weighted by molar-refractivity contribution is 7.45. The first-order valence-corrected chi connectivity index (χ1v) is 17.6. The van der Waals surface area contributed by atoms with Gasteiger partial charge in [0.2, 0.25) is 0 Å². The first-order valence-electron chi connectivity index (χ1n) is 15.3. The first-order chi connectivity index (χ1) is 18.1. The quantitative estimate of drug-likeness (QED) is 0.309. The summed E-state index contributed by atoms with van der Waals surface area (Å²) in [7, 11) is -2.15. The predicted molar refractivity (Wildman–Crippen MR) is 163 cm³/mol. The maximum Gasteiger partial charge on any atom is 0.259 e. The monoisotopic (exact) mass is 588 g/mol. The van der Waals surface area contributed by atoms with Crippen LogP contribution in [-0.4, -0.2) is 83.1 Å². The molecule has 4 rings (SSSR count). The molecule has 228 valence electrons. The molecule has 8 nitrogen and oxygen atoms in total. The third-order valence-electron chi connectivity index (χ3n) is 8.43. The summed E-state index contributed by atoms with van der Waals surface area (Å²) in [6.07, 6.45) is 6.58. The van der Waals surface area contributed by atoms with Crippen LogP contribution < -0.4 is 10.6 Å². The zero-order valence-electron chi connectivity index (χ0n) is 26.6. The number of nitrogens with one attached hydrogen (secondary N) is 2. The minimum absolute atomic E-state index is 0.0934. The number of nitrogens with zero attached hydrogens (tertiary/aromatic N) is 2. The highest BCUT2D eigenvalue weighted by atomic mass is 31.2. The maximum absolute atomic E-state index is 6.56. The zero-order chi connectivity index (χ0) is 28.7. The van der Waals surface area contributed by atoms with Crippen LogP contribution in [0.1, 0.15) is 108 Å². The maximum atomic E-state index is 6.56. The normalized spacial score (nSPS) is 35.1.